The monoisotopic (exact) mass is 373 g/mol. The van der Waals surface area contributed by atoms with Gasteiger partial charge in [-0.2, -0.15) is 5.10 Å². The molecule has 1 aliphatic heterocycles. The van der Waals surface area contributed by atoms with E-state index in [1.807, 2.05) is 48.5 Å². The van der Waals surface area contributed by atoms with Gasteiger partial charge in [0.25, 0.3) is 5.91 Å². The predicted molar refractivity (Wildman–Crippen MR) is 108 cm³/mol. The Morgan fingerprint density at radius 3 is 2.64 bits per heavy atom. The number of ether oxygens (including phenoxy) is 1. The van der Waals surface area contributed by atoms with Gasteiger partial charge in [0.1, 0.15) is 0 Å². The molecular formula is C22H19N3O3. The van der Waals surface area contributed by atoms with Gasteiger partial charge in [0, 0.05) is 11.2 Å². The van der Waals surface area contributed by atoms with Crippen molar-refractivity contribution in [3.05, 3.63) is 77.0 Å². The van der Waals surface area contributed by atoms with Crippen LogP contribution >= 0.6 is 0 Å². The predicted octanol–water partition coefficient (Wildman–Crippen LogP) is 3.46. The molecule has 6 heteroatoms. The average Bonchev–Trinajstić information content (AvgIpc) is 3.29. The summed E-state index contributed by atoms with van der Waals surface area (Å²) >= 11 is 0. The number of aromatic amines is 1. The lowest BCUT2D eigenvalue weighted by molar-refractivity contribution is -0.116. The van der Waals surface area contributed by atoms with Gasteiger partial charge in [0.15, 0.2) is 0 Å². The third-order valence-corrected chi connectivity index (χ3v) is 4.72. The van der Waals surface area contributed by atoms with Crippen LogP contribution in [0.4, 0.5) is 0 Å². The van der Waals surface area contributed by atoms with Crippen molar-refractivity contribution in [1.29, 1.82) is 0 Å². The van der Waals surface area contributed by atoms with Crippen molar-refractivity contribution in [1.82, 2.24) is 10.4 Å². The first-order valence-corrected chi connectivity index (χ1v) is 8.98. The van der Waals surface area contributed by atoms with Crippen LogP contribution in [0.2, 0.25) is 0 Å². The number of H-pyrrole nitrogens is 1. The third kappa shape index (κ3) is 3.57. The van der Waals surface area contributed by atoms with Gasteiger partial charge < -0.3 is 9.72 Å². The highest BCUT2D eigenvalue weighted by atomic mass is 16.5. The summed E-state index contributed by atoms with van der Waals surface area (Å²) in [6.07, 6.45) is 3.16. The lowest BCUT2D eigenvalue weighted by Gasteiger charge is -2.04. The summed E-state index contributed by atoms with van der Waals surface area (Å²) in [4.78, 5) is 27.0. The fourth-order valence-corrected chi connectivity index (χ4v) is 3.23. The van der Waals surface area contributed by atoms with E-state index < -0.39 is 0 Å². The Labute approximate surface area is 161 Å². The van der Waals surface area contributed by atoms with Gasteiger partial charge in [-0.3, -0.25) is 4.79 Å². The standard InChI is InChI=1S/C22H19N3O3/c1-28-22(27)15-9-6-14(7-10-15)8-11-20-18(21(26)25-24-20)13-17-12-16-4-2-3-5-19(16)23-17/h2-7,9-10,12-13,23H,8,11H2,1H3,(H,25,26). The summed E-state index contributed by atoms with van der Waals surface area (Å²) in [5.41, 5.74) is 7.30. The number of carbonyl (C=O) groups excluding carboxylic acids is 2. The van der Waals surface area contributed by atoms with Gasteiger partial charge in [-0.1, -0.05) is 30.3 Å². The first-order valence-electron chi connectivity index (χ1n) is 8.98. The van der Waals surface area contributed by atoms with Gasteiger partial charge in [-0.05, 0) is 54.1 Å². The zero-order valence-electron chi connectivity index (χ0n) is 15.4. The molecule has 28 heavy (non-hydrogen) atoms. The van der Waals surface area contributed by atoms with E-state index in [1.54, 1.807) is 12.1 Å². The molecule has 2 N–H and O–H groups in total. The maximum Gasteiger partial charge on any atom is 0.337 e. The van der Waals surface area contributed by atoms with E-state index in [0.29, 0.717) is 24.0 Å². The number of aryl methyl sites for hydroxylation is 1. The molecule has 0 atom stereocenters. The van der Waals surface area contributed by atoms with Gasteiger partial charge in [-0.25, -0.2) is 10.2 Å². The molecular weight excluding hydrogens is 354 g/mol. The van der Waals surface area contributed by atoms with Crippen LogP contribution in [0.15, 0.2) is 65.3 Å². The summed E-state index contributed by atoms with van der Waals surface area (Å²) in [5, 5.41) is 5.28. The molecule has 1 aromatic heterocycles. The Bertz CT molecular complexity index is 1070. The largest absolute Gasteiger partial charge is 0.465 e. The van der Waals surface area contributed by atoms with E-state index in [-0.39, 0.29) is 11.9 Å². The van der Waals surface area contributed by atoms with E-state index in [4.69, 9.17) is 4.74 Å². The van der Waals surface area contributed by atoms with E-state index in [0.717, 1.165) is 27.9 Å². The van der Waals surface area contributed by atoms with E-state index >= 15 is 0 Å². The molecule has 0 saturated carbocycles. The zero-order chi connectivity index (χ0) is 19.5. The number of benzene rings is 2. The van der Waals surface area contributed by atoms with Crippen molar-refractivity contribution < 1.29 is 14.3 Å². The highest BCUT2D eigenvalue weighted by Gasteiger charge is 2.22. The lowest BCUT2D eigenvalue weighted by Crippen LogP contribution is -2.13. The van der Waals surface area contributed by atoms with Gasteiger partial charge in [-0.15, -0.1) is 0 Å². The molecule has 0 aliphatic carbocycles. The van der Waals surface area contributed by atoms with Crippen molar-refractivity contribution in [2.45, 2.75) is 12.8 Å². The summed E-state index contributed by atoms with van der Waals surface area (Å²) in [6, 6.07) is 17.2. The Morgan fingerprint density at radius 2 is 1.89 bits per heavy atom. The fraction of sp³-hybridized carbons (Fsp3) is 0.136. The van der Waals surface area contributed by atoms with Crippen LogP contribution in [0.5, 0.6) is 0 Å². The number of para-hydroxylation sites is 1. The Hall–Kier alpha value is -3.67. The molecule has 140 valence electrons. The Balaban J connectivity index is 1.49. The molecule has 0 spiro atoms. The van der Waals surface area contributed by atoms with Crippen molar-refractivity contribution in [3.8, 4) is 0 Å². The van der Waals surface area contributed by atoms with Crippen molar-refractivity contribution in [2.75, 3.05) is 7.11 Å². The number of esters is 1. The molecule has 0 radical (unpaired) electrons. The second-order valence-electron chi connectivity index (χ2n) is 6.56. The van der Waals surface area contributed by atoms with Gasteiger partial charge >= 0.3 is 5.97 Å². The number of amides is 1. The zero-order valence-corrected chi connectivity index (χ0v) is 15.4. The number of nitrogens with one attached hydrogen (secondary N) is 2. The molecule has 1 aliphatic rings. The van der Waals surface area contributed by atoms with Crippen LogP contribution in [0.1, 0.15) is 28.0 Å². The number of methoxy groups -OCH3 is 1. The molecule has 0 saturated heterocycles. The lowest BCUT2D eigenvalue weighted by atomic mass is 10.0. The molecule has 2 heterocycles. The van der Waals surface area contributed by atoms with Crippen LogP contribution in [-0.4, -0.2) is 29.7 Å². The maximum absolute atomic E-state index is 12.2. The number of aromatic nitrogens is 1. The average molecular weight is 373 g/mol. The molecule has 0 unspecified atom stereocenters. The molecule has 1 amide bonds. The van der Waals surface area contributed by atoms with E-state index in [2.05, 4.69) is 15.5 Å². The maximum atomic E-state index is 12.2. The summed E-state index contributed by atoms with van der Waals surface area (Å²) in [5.74, 6) is -0.556. The SMILES string of the molecule is COC(=O)c1ccc(CCC2=NNC(=O)C2=Cc2cc3ccccc3[nH]2)cc1. The molecule has 2 aromatic carbocycles. The first-order chi connectivity index (χ1) is 13.6. The van der Waals surface area contributed by atoms with Crippen molar-refractivity contribution >= 4 is 34.6 Å². The van der Waals surface area contributed by atoms with Crippen LogP contribution in [0.3, 0.4) is 0 Å². The number of hydrogen-bond acceptors (Lipinski definition) is 4. The Morgan fingerprint density at radius 1 is 1.11 bits per heavy atom. The number of nitrogens with zero attached hydrogens (tertiary/aromatic N) is 1. The molecule has 4 rings (SSSR count). The number of fused-ring (bicyclic) bond motifs is 1. The summed E-state index contributed by atoms with van der Waals surface area (Å²) in [6.45, 7) is 0. The van der Waals surface area contributed by atoms with E-state index in [9.17, 15) is 9.59 Å². The molecule has 3 aromatic rings. The highest BCUT2D eigenvalue weighted by Crippen LogP contribution is 2.20. The number of rotatable bonds is 5. The van der Waals surface area contributed by atoms with Crippen LogP contribution in [0, 0.1) is 0 Å². The number of hydrazone groups is 1. The van der Waals surface area contributed by atoms with Gasteiger partial charge in [0.05, 0.1) is 24.0 Å². The van der Waals surface area contributed by atoms with Crippen molar-refractivity contribution in [3.63, 3.8) is 0 Å². The van der Waals surface area contributed by atoms with Crippen LogP contribution in [-0.2, 0) is 16.0 Å². The molecule has 0 bridgehead atoms. The topological polar surface area (TPSA) is 83.5 Å². The minimum Gasteiger partial charge on any atom is -0.465 e. The minimum atomic E-state index is -0.356. The second kappa shape index (κ2) is 7.52. The number of carbonyl (C=O) groups is 2. The fourth-order valence-electron chi connectivity index (χ4n) is 3.23. The summed E-state index contributed by atoms with van der Waals surface area (Å²) < 4.78 is 4.71. The highest BCUT2D eigenvalue weighted by molar-refractivity contribution is 6.27. The van der Waals surface area contributed by atoms with E-state index in [1.165, 1.54) is 7.11 Å². The second-order valence-corrected chi connectivity index (χ2v) is 6.56. The smallest absolute Gasteiger partial charge is 0.337 e. The third-order valence-electron chi connectivity index (χ3n) is 4.72. The molecule has 6 nitrogen and oxygen atoms in total. The van der Waals surface area contributed by atoms with Crippen molar-refractivity contribution in [2.24, 2.45) is 5.10 Å². The minimum absolute atomic E-state index is 0.199. The van der Waals surface area contributed by atoms with Crippen LogP contribution in [0.25, 0.3) is 17.0 Å². The quantitative estimate of drug-likeness (QED) is 0.531. The normalized spacial score (nSPS) is 15.0. The Kier molecular flexibility index (Phi) is 4.76. The summed E-state index contributed by atoms with van der Waals surface area (Å²) in [7, 11) is 1.36. The van der Waals surface area contributed by atoms with Gasteiger partial charge in [0.2, 0.25) is 0 Å². The first kappa shape index (κ1) is 17.7. The molecule has 0 fully saturated rings. The van der Waals surface area contributed by atoms with Crippen LogP contribution < -0.4 is 5.43 Å². The number of hydrogen-bond donors (Lipinski definition) is 2.